The Hall–Kier alpha value is -2.67. The van der Waals surface area contributed by atoms with Gasteiger partial charge in [-0.05, 0) is 54.4 Å². The van der Waals surface area contributed by atoms with Crippen LogP contribution in [0.4, 0.5) is 10.1 Å². The lowest BCUT2D eigenvalue weighted by atomic mass is 10.0. The lowest BCUT2D eigenvalue weighted by Gasteiger charge is -2.15. The highest BCUT2D eigenvalue weighted by molar-refractivity contribution is 7.80. The molecular formula is C19H22FN3O2S. The van der Waals surface area contributed by atoms with Crippen molar-refractivity contribution in [1.82, 2.24) is 10.9 Å². The number of carbonyl (C=O) groups excluding carboxylic acids is 1. The highest BCUT2D eigenvalue weighted by Gasteiger charge is 2.10. The smallest absolute Gasteiger partial charge is 0.276 e. The molecule has 0 unspecified atom stereocenters. The first-order valence-electron chi connectivity index (χ1n) is 8.20. The van der Waals surface area contributed by atoms with E-state index in [-0.39, 0.29) is 23.3 Å². The van der Waals surface area contributed by atoms with E-state index in [9.17, 15) is 9.18 Å². The third-order valence-electron chi connectivity index (χ3n) is 3.59. The summed E-state index contributed by atoms with van der Waals surface area (Å²) in [5.74, 6) is 0.123. The van der Waals surface area contributed by atoms with Crippen LogP contribution in [0.1, 0.15) is 30.9 Å². The van der Waals surface area contributed by atoms with Crippen molar-refractivity contribution in [3.8, 4) is 5.75 Å². The summed E-state index contributed by atoms with van der Waals surface area (Å²) in [5, 5.41) is 2.73. The van der Waals surface area contributed by atoms with Crippen molar-refractivity contribution in [2.24, 2.45) is 0 Å². The predicted octanol–water partition coefficient (Wildman–Crippen LogP) is 3.65. The number of halogens is 1. The maximum absolute atomic E-state index is 13.5. The lowest BCUT2D eigenvalue weighted by molar-refractivity contribution is -0.123. The molecule has 26 heavy (non-hydrogen) atoms. The first kappa shape index (κ1) is 19.7. The molecule has 0 aliphatic carbocycles. The summed E-state index contributed by atoms with van der Waals surface area (Å²) in [5.41, 5.74) is 7.24. The van der Waals surface area contributed by atoms with Crippen LogP contribution in [-0.4, -0.2) is 17.6 Å². The van der Waals surface area contributed by atoms with E-state index in [1.54, 1.807) is 18.2 Å². The molecule has 0 aliphatic heterocycles. The van der Waals surface area contributed by atoms with Crippen LogP contribution < -0.4 is 20.9 Å². The molecule has 7 heteroatoms. The summed E-state index contributed by atoms with van der Waals surface area (Å²) in [7, 11) is 0. The molecule has 0 atom stereocenters. The highest BCUT2D eigenvalue weighted by atomic mass is 32.1. The van der Waals surface area contributed by atoms with E-state index in [4.69, 9.17) is 17.0 Å². The van der Waals surface area contributed by atoms with E-state index in [1.165, 1.54) is 6.07 Å². The summed E-state index contributed by atoms with van der Waals surface area (Å²) in [6.07, 6.45) is 0. The number of rotatable bonds is 5. The zero-order valence-corrected chi connectivity index (χ0v) is 15.7. The van der Waals surface area contributed by atoms with Crippen LogP contribution in [0.25, 0.3) is 0 Å². The number of anilines is 1. The van der Waals surface area contributed by atoms with Crippen LogP contribution in [0, 0.1) is 12.7 Å². The normalized spacial score (nSPS) is 10.3. The van der Waals surface area contributed by atoms with Gasteiger partial charge in [0.25, 0.3) is 5.91 Å². The number of hydrazine groups is 1. The average Bonchev–Trinajstić information content (AvgIpc) is 2.60. The molecule has 0 saturated heterocycles. The number of carbonyl (C=O) groups is 1. The topological polar surface area (TPSA) is 62.4 Å². The molecule has 0 aromatic heterocycles. The fourth-order valence-electron chi connectivity index (χ4n) is 2.27. The zero-order valence-electron chi connectivity index (χ0n) is 14.9. The second-order valence-electron chi connectivity index (χ2n) is 6.09. The van der Waals surface area contributed by atoms with E-state index in [0.717, 1.165) is 11.1 Å². The molecule has 2 aromatic rings. The van der Waals surface area contributed by atoms with Crippen LogP contribution in [0.15, 0.2) is 42.5 Å². The minimum atomic E-state index is -0.438. The molecule has 0 aliphatic rings. The van der Waals surface area contributed by atoms with Gasteiger partial charge in [0.2, 0.25) is 0 Å². The largest absolute Gasteiger partial charge is 0.483 e. The van der Waals surface area contributed by atoms with Crippen molar-refractivity contribution in [3.63, 3.8) is 0 Å². The average molecular weight is 375 g/mol. The first-order valence-corrected chi connectivity index (χ1v) is 8.61. The zero-order chi connectivity index (χ0) is 19.1. The van der Waals surface area contributed by atoms with E-state index >= 15 is 0 Å². The van der Waals surface area contributed by atoms with E-state index in [1.807, 2.05) is 25.1 Å². The second-order valence-corrected chi connectivity index (χ2v) is 6.50. The summed E-state index contributed by atoms with van der Waals surface area (Å²) in [4.78, 5) is 11.9. The monoisotopic (exact) mass is 375 g/mol. The Balaban J connectivity index is 1.83. The number of thiocarbonyl (C=S) groups is 1. The van der Waals surface area contributed by atoms with Crippen molar-refractivity contribution >= 4 is 28.9 Å². The van der Waals surface area contributed by atoms with Crippen LogP contribution in [0.3, 0.4) is 0 Å². The van der Waals surface area contributed by atoms with Gasteiger partial charge in [-0.1, -0.05) is 38.1 Å². The van der Waals surface area contributed by atoms with E-state index in [2.05, 4.69) is 30.0 Å². The fraction of sp³-hybridized carbons (Fsp3) is 0.263. The van der Waals surface area contributed by atoms with Gasteiger partial charge < -0.3 is 10.1 Å². The number of aryl methyl sites for hydroxylation is 1. The SMILES string of the molecule is Cc1ccc(C(C)C)c(OCC(=O)NNC(=S)Nc2ccccc2F)c1. The van der Waals surface area contributed by atoms with E-state index < -0.39 is 11.7 Å². The predicted molar refractivity (Wildman–Crippen MR) is 105 cm³/mol. The van der Waals surface area contributed by atoms with Crippen LogP contribution in [0.5, 0.6) is 5.75 Å². The summed E-state index contributed by atoms with van der Waals surface area (Å²) >= 11 is 5.02. The van der Waals surface area contributed by atoms with Gasteiger partial charge in [0, 0.05) is 0 Å². The molecule has 1 amide bonds. The third-order valence-corrected chi connectivity index (χ3v) is 3.79. The Morgan fingerprint density at radius 3 is 2.62 bits per heavy atom. The van der Waals surface area contributed by atoms with Gasteiger partial charge in [-0.2, -0.15) is 0 Å². The Kier molecular flexibility index (Phi) is 6.91. The maximum Gasteiger partial charge on any atom is 0.276 e. The van der Waals surface area contributed by atoms with Crippen LogP contribution in [0.2, 0.25) is 0 Å². The third kappa shape index (κ3) is 5.70. The van der Waals surface area contributed by atoms with E-state index in [0.29, 0.717) is 5.75 Å². The Labute approximate surface area is 157 Å². The molecule has 3 N–H and O–H groups in total. The molecular weight excluding hydrogens is 353 g/mol. The summed E-state index contributed by atoms with van der Waals surface area (Å²) in [6, 6.07) is 12.0. The molecule has 0 saturated carbocycles. The number of para-hydroxylation sites is 1. The minimum Gasteiger partial charge on any atom is -0.483 e. The molecule has 0 spiro atoms. The molecule has 138 valence electrons. The molecule has 0 fully saturated rings. The van der Waals surface area contributed by atoms with Crippen molar-refractivity contribution in [2.45, 2.75) is 26.7 Å². The fourth-order valence-corrected chi connectivity index (χ4v) is 2.43. The Bertz CT molecular complexity index is 796. The van der Waals surface area contributed by atoms with Gasteiger partial charge in [0.05, 0.1) is 5.69 Å². The van der Waals surface area contributed by atoms with Gasteiger partial charge in [0.1, 0.15) is 11.6 Å². The number of hydrogen-bond acceptors (Lipinski definition) is 3. The van der Waals surface area contributed by atoms with Crippen molar-refractivity contribution in [1.29, 1.82) is 0 Å². The quantitative estimate of drug-likeness (QED) is 0.550. The summed E-state index contributed by atoms with van der Waals surface area (Å²) < 4.78 is 19.2. The molecule has 5 nitrogen and oxygen atoms in total. The number of benzene rings is 2. The Morgan fingerprint density at radius 2 is 1.92 bits per heavy atom. The van der Waals surface area contributed by atoms with Crippen molar-refractivity contribution in [3.05, 3.63) is 59.4 Å². The highest BCUT2D eigenvalue weighted by Crippen LogP contribution is 2.27. The molecule has 0 heterocycles. The lowest BCUT2D eigenvalue weighted by Crippen LogP contribution is -2.45. The Morgan fingerprint density at radius 1 is 1.19 bits per heavy atom. The first-order chi connectivity index (χ1) is 12.4. The van der Waals surface area contributed by atoms with Crippen LogP contribution >= 0.6 is 12.2 Å². The second kappa shape index (κ2) is 9.15. The standard InChI is InChI=1S/C19H22FN3O2S/c1-12(2)14-9-8-13(3)10-17(14)25-11-18(24)22-23-19(26)21-16-7-5-4-6-15(16)20/h4-10,12H,11H2,1-3H3,(H,22,24)(H2,21,23,26). The van der Waals surface area contributed by atoms with Gasteiger partial charge in [-0.25, -0.2) is 4.39 Å². The van der Waals surface area contributed by atoms with Crippen LogP contribution in [-0.2, 0) is 4.79 Å². The van der Waals surface area contributed by atoms with Gasteiger partial charge in [0.15, 0.2) is 11.7 Å². The molecule has 0 bridgehead atoms. The number of amides is 1. The molecule has 2 rings (SSSR count). The van der Waals surface area contributed by atoms with Crippen molar-refractivity contribution in [2.75, 3.05) is 11.9 Å². The van der Waals surface area contributed by atoms with Crippen molar-refractivity contribution < 1.29 is 13.9 Å². The van der Waals surface area contributed by atoms with Gasteiger partial charge >= 0.3 is 0 Å². The summed E-state index contributed by atoms with van der Waals surface area (Å²) in [6.45, 7) is 5.92. The van der Waals surface area contributed by atoms with Gasteiger partial charge in [-0.15, -0.1) is 0 Å². The maximum atomic E-state index is 13.5. The molecule has 0 radical (unpaired) electrons. The molecule has 2 aromatic carbocycles. The number of ether oxygens (including phenoxy) is 1. The number of nitrogens with one attached hydrogen (secondary N) is 3. The minimum absolute atomic E-state index is 0.0712. The number of hydrogen-bond donors (Lipinski definition) is 3. The van der Waals surface area contributed by atoms with Gasteiger partial charge in [-0.3, -0.25) is 15.6 Å².